The SMILES string of the molecule is Cc1cc(/C=C(\C#N)C(=O)OCC(=O)NC(=O)NCC(C)C)c(C)n1C1CCCCC1. The van der Waals surface area contributed by atoms with E-state index in [1.807, 2.05) is 39.8 Å². The van der Waals surface area contributed by atoms with Gasteiger partial charge < -0.3 is 14.6 Å². The summed E-state index contributed by atoms with van der Waals surface area (Å²) in [7, 11) is 0. The van der Waals surface area contributed by atoms with Gasteiger partial charge in [-0.2, -0.15) is 5.26 Å². The third-order valence-corrected chi connectivity index (χ3v) is 5.36. The number of imide groups is 1. The van der Waals surface area contributed by atoms with Gasteiger partial charge in [0.05, 0.1) is 0 Å². The number of hydrogen-bond acceptors (Lipinski definition) is 5. The Morgan fingerprint density at radius 3 is 2.55 bits per heavy atom. The topological polar surface area (TPSA) is 113 Å². The Labute approximate surface area is 183 Å². The molecule has 1 aromatic rings. The van der Waals surface area contributed by atoms with Crippen LogP contribution in [0.4, 0.5) is 4.79 Å². The lowest BCUT2D eigenvalue weighted by molar-refractivity contribution is -0.144. The minimum atomic E-state index is -0.900. The van der Waals surface area contributed by atoms with Gasteiger partial charge >= 0.3 is 12.0 Å². The molecule has 0 unspecified atom stereocenters. The van der Waals surface area contributed by atoms with E-state index in [0.717, 1.165) is 29.8 Å². The van der Waals surface area contributed by atoms with Crippen molar-refractivity contribution in [2.75, 3.05) is 13.2 Å². The number of nitrogens with zero attached hydrogens (tertiary/aromatic N) is 2. The lowest BCUT2D eigenvalue weighted by Crippen LogP contribution is -2.42. The minimum absolute atomic E-state index is 0.194. The van der Waals surface area contributed by atoms with E-state index in [0.29, 0.717) is 12.6 Å². The van der Waals surface area contributed by atoms with Crippen molar-refractivity contribution in [2.24, 2.45) is 5.92 Å². The summed E-state index contributed by atoms with van der Waals surface area (Å²) in [4.78, 5) is 35.7. The molecule has 2 N–H and O–H groups in total. The van der Waals surface area contributed by atoms with Gasteiger partial charge in [0.15, 0.2) is 6.61 Å². The van der Waals surface area contributed by atoms with E-state index in [2.05, 4.69) is 15.2 Å². The van der Waals surface area contributed by atoms with Crippen LogP contribution < -0.4 is 10.6 Å². The molecule has 0 bridgehead atoms. The molecule has 3 amide bonds. The monoisotopic (exact) mass is 428 g/mol. The number of hydrogen-bond donors (Lipinski definition) is 2. The van der Waals surface area contributed by atoms with Gasteiger partial charge in [-0.3, -0.25) is 10.1 Å². The van der Waals surface area contributed by atoms with Crippen molar-refractivity contribution in [3.05, 3.63) is 28.6 Å². The van der Waals surface area contributed by atoms with Gasteiger partial charge in [0.25, 0.3) is 5.91 Å². The van der Waals surface area contributed by atoms with Crippen LogP contribution in [0.15, 0.2) is 11.6 Å². The van der Waals surface area contributed by atoms with Gasteiger partial charge in [0.1, 0.15) is 11.6 Å². The number of urea groups is 1. The van der Waals surface area contributed by atoms with Crippen LogP contribution in [0.5, 0.6) is 0 Å². The summed E-state index contributed by atoms with van der Waals surface area (Å²) in [5.41, 5.74) is 2.69. The number of nitriles is 1. The number of carbonyl (C=O) groups is 3. The molecule has 1 saturated carbocycles. The van der Waals surface area contributed by atoms with Crippen LogP contribution >= 0.6 is 0 Å². The molecule has 31 heavy (non-hydrogen) atoms. The predicted octanol–water partition coefficient (Wildman–Crippen LogP) is 3.54. The van der Waals surface area contributed by atoms with E-state index in [9.17, 15) is 19.6 Å². The molecule has 0 aliphatic heterocycles. The average molecular weight is 429 g/mol. The summed E-state index contributed by atoms with van der Waals surface area (Å²) in [6, 6.07) is 3.60. The molecule has 0 spiro atoms. The van der Waals surface area contributed by atoms with Crippen LogP contribution in [0.25, 0.3) is 6.08 Å². The average Bonchev–Trinajstić information content (AvgIpc) is 3.02. The van der Waals surface area contributed by atoms with E-state index in [1.54, 1.807) is 0 Å². The number of amides is 3. The normalized spacial score (nSPS) is 14.8. The van der Waals surface area contributed by atoms with Crippen LogP contribution in [0.2, 0.25) is 0 Å². The largest absolute Gasteiger partial charge is 0.451 e. The quantitative estimate of drug-likeness (QED) is 0.392. The fraction of sp³-hybridized carbons (Fsp3) is 0.565. The molecule has 1 aliphatic rings. The summed E-state index contributed by atoms with van der Waals surface area (Å²) in [5.74, 6) is -1.42. The summed E-state index contributed by atoms with van der Waals surface area (Å²) in [6.45, 7) is 7.63. The second-order valence-corrected chi connectivity index (χ2v) is 8.39. The molecule has 1 fully saturated rings. The molecule has 0 atom stereocenters. The van der Waals surface area contributed by atoms with E-state index in [-0.39, 0.29) is 11.5 Å². The standard InChI is InChI=1S/C23H32N4O4/c1-15(2)13-25-23(30)26-21(28)14-31-22(29)19(12-24)11-18-10-16(3)27(17(18)4)20-8-6-5-7-9-20/h10-11,15,20H,5-9,13-14H2,1-4H3,(H2,25,26,28,30)/b19-11+. The first kappa shape index (κ1) is 24.2. The van der Waals surface area contributed by atoms with Crippen molar-refractivity contribution in [3.8, 4) is 6.07 Å². The number of carbonyl (C=O) groups excluding carboxylic acids is 3. The summed E-state index contributed by atoms with van der Waals surface area (Å²) in [5, 5.41) is 14.0. The fourth-order valence-electron chi connectivity index (χ4n) is 3.85. The van der Waals surface area contributed by atoms with Crippen LogP contribution in [-0.4, -0.2) is 35.6 Å². The fourth-order valence-corrected chi connectivity index (χ4v) is 3.85. The van der Waals surface area contributed by atoms with E-state index < -0.39 is 24.5 Å². The molecule has 0 saturated heterocycles. The van der Waals surface area contributed by atoms with Gasteiger partial charge in [-0.25, -0.2) is 9.59 Å². The number of esters is 1. The van der Waals surface area contributed by atoms with Crippen molar-refractivity contribution in [2.45, 2.75) is 65.8 Å². The second kappa shape index (κ2) is 11.3. The van der Waals surface area contributed by atoms with Crippen molar-refractivity contribution in [3.63, 3.8) is 0 Å². The molecule has 1 aliphatic carbocycles. The van der Waals surface area contributed by atoms with Crippen molar-refractivity contribution >= 4 is 24.0 Å². The number of nitrogens with one attached hydrogen (secondary N) is 2. The lowest BCUT2D eigenvalue weighted by Gasteiger charge is -2.26. The third-order valence-electron chi connectivity index (χ3n) is 5.36. The molecule has 1 aromatic heterocycles. The molecule has 0 radical (unpaired) electrons. The highest BCUT2D eigenvalue weighted by molar-refractivity contribution is 6.00. The maximum atomic E-state index is 12.3. The first-order valence-corrected chi connectivity index (χ1v) is 10.8. The number of aromatic nitrogens is 1. The number of rotatable bonds is 7. The summed E-state index contributed by atoms with van der Waals surface area (Å²) >= 11 is 0. The summed E-state index contributed by atoms with van der Waals surface area (Å²) < 4.78 is 7.21. The molecule has 0 aromatic carbocycles. The molecule has 8 nitrogen and oxygen atoms in total. The highest BCUT2D eigenvalue weighted by Crippen LogP contribution is 2.32. The molecular weight excluding hydrogens is 396 g/mol. The number of ether oxygens (including phenoxy) is 1. The van der Waals surface area contributed by atoms with Gasteiger partial charge in [-0.05, 0) is 50.3 Å². The zero-order valence-corrected chi connectivity index (χ0v) is 18.8. The summed E-state index contributed by atoms with van der Waals surface area (Å²) in [6.07, 6.45) is 7.44. The maximum Gasteiger partial charge on any atom is 0.349 e. The number of aryl methyl sites for hydroxylation is 1. The van der Waals surface area contributed by atoms with Gasteiger partial charge in [-0.1, -0.05) is 33.1 Å². The Bertz CT molecular complexity index is 886. The second-order valence-electron chi connectivity index (χ2n) is 8.39. The Morgan fingerprint density at radius 1 is 1.26 bits per heavy atom. The smallest absolute Gasteiger partial charge is 0.349 e. The lowest BCUT2D eigenvalue weighted by atomic mass is 9.95. The van der Waals surface area contributed by atoms with Crippen molar-refractivity contribution < 1.29 is 19.1 Å². The highest BCUT2D eigenvalue weighted by atomic mass is 16.5. The van der Waals surface area contributed by atoms with Gasteiger partial charge in [0, 0.05) is 24.0 Å². The van der Waals surface area contributed by atoms with E-state index in [1.165, 1.54) is 25.3 Å². The van der Waals surface area contributed by atoms with Crippen molar-refractivity contribution in [1.82, 2.24) is 15.2 Å². The first-order chi connectivity index (χ1) is 14.7. The molecule has 2 rings (SSSR count). The van der Waals surface area contributed by atoms with Gasteiger partial charge in [-0.15, -0.1) is 0 Å². The zero-order valence-electron chi connectivity index (χ0n) is 18.8. The van der Waals surface area contributed by atoms with Crippen LogP contribution in [0.1, 0.15) is 68.9 Å². The van der Waals surface area contributed by atoms with Gasteiger partial charge in [0.2, 0.25) is 0 Å². The minimum Gasteiger partial charge on any atom is -0.451 e. The first-order valence-electron chi connectivity index (χ1n) is 10.8. The molecular formula is C23H32N4O4. The van der Waals surface area contributed by atoms with Crippen LogP contribution in [0.3, 0.4) is 0 Å². The maximum absolute atomic E-state index is 12.3. The van der Waals surface area contributed by atoms with E-state index in [4.69, 9.17) is 4.74 Å². The van der Waals surface area contributed by atoms with Crippen molar-refractivity contribution in [1.29, 1.82) is 5.26 Å². The van der Waals surface area contributed by atoms with Crippen LogP contribution in [-0.2, 0) is 14.3 Å². The molecule has 8 heteroatoms. The van der Waals surface area contributed by atoms with E-state index >= 15 is 0 Å². The Morgan fingerprint density at radius 2 is 1.94 bits per heavy atom. The molecule has 1 heterocycles. The Hall–Kier alpha value is -3.08. The highest BCUT2D eigenvalue weighted by Gasteiger charge is 2.21. The predicted molar refractivity (Wildman–Crippen MR) is 117 cm³/mol. The Balaban J connectivity index is 2.00. The third kappa shape index (κ3) is 6.99. The Kier molecular flexibility index (Phi) is 8.86. The van der Waals surface area contributed by atoms with Crippen LogP contribution in [0, 0.1) is 31.1 Å². The molecule has 168 valence electrons. The zero-order chi connectivity index (χ0) is 23.0.